The minimum Gasteiger partial charge on any atom is -0.353 e. The number of nitrogens with one attached hydrogen (secondary N) is 1. The number of hydrogen-bond donors (Lipinski definition) is 2. The van der Waals surface area contributed by atoms with E-state index < -0.39 is 5.54 Å². The molecule has 1 saturated carbocycles. The zero-order chi connectivity index (χ0) is 12.5. The number of hydrogen-bond acceptors (Lipinski definition) is 3. The van der Waals surface area contributed by atoms with Crippen LogP contribution in [-0.2, 0) is 4.79 Å². The van der Waals surface area contributed by atoms with Crippen molar-refractivity contribution < 1.29 is 4.79 Å². The van der Waals surface area contributed by atoms with Gasteiger partial charge in [0.2, 0.25) is 5.91 Å². The Bertz CT molecular complexity index is 280. The Morgan fingerprint density at radius 1 is 1.35 bits per heavy atom. The van der Waals surface area contributed by atoms with Crippen molar-refractivity contribution in [1.82, 2.24) is 10.2 Å². The molecule has 1 heterocycles. The van der Waals surface area contributed by atoms with Gasteiger partial charge in [-0.15, -0.1) is 0 Å². The maximum absolute atomic E-state index is 11.8. The summed E-state index contributed by atoms with van der Waals surface area (Å²) < 4.78 is 0. The molecule has 4 nitrogen and oxygen atoms in total. The van der Waals surface area contributed by atoms with Crippen molar-refractivity contribution in [3.63, 3.8) is 0 Å². The van der Waals surface area contributed by atoms with Crippen LogP contribution in [0.3, 0.4) is 0 Å². The Morgan fingerprint density at radius 3 is 2.41 bits per heavy atom. The number of nitrogens with zero attached hydrogens (tertiary/aromatic N) is 1. The number of amides is 1. The fourth-order valence-corrected chi connectivity index (χ4v) is 2.59. The Morgan fingerprint density at radius 2 is 1.94 bits per heavy atom. The fraction of sp³-hybridized carbons (Fsp3) is 0.923. The lowest BCUT2D eigenvalue weighted by Crippen LogP contribution is -2.50. The molecule has 1 aliphatic carbocycles. The molecular formula is C13H25N3O. The summed E-state index contributed by atoms with van der Waals surface area (Å²) in [4.78, 5) is 14.3. The first kappa shape index (κ1) is 12.8. The van der Waals surface area contributed by atoms with E-state index in [4.69, 9.17) is 5.73 Å². The highest BCUT2D eigenvalue weighted by Gasteiger charge is 2.46. The van der Waals surface area contributed by atoms with Crippen LogP contribution in [-0.4, -0.2) is 42.0 Å². The van der Waals surface area contributed by atoms with Crippen LogP contribution in [0.15, 0.2) is 0 Å². The van der Waals surface area contributed by atoms with E-state index in [2.05, 4.69) is 24.1 Å². The van der Waals surface area contributed by atoms with E-state index in [1.54, 1.807) is 0 Å². The molecule has 4 heteroatoms. The SMILES string of the molecule is CC(C)C(CNC(=O)C1(N)CC1)N1CCCC1. The summed E-state index contributed by atoms with van der Waals surface area (Å²) in [7, 11) is 0. The van der Waals surface area contributed by atoms with E-state index in [1.165, 1.54) is 25.9 Å². The van der Waals surface area contributed by atoms with Crippen LogP contribution in [0.25, 0.3) is 0 Å². The summed E-state index contributed by atoms with van der Waals surface area (Å²) in [5.41, 5.74) is 5.35. The first-order valence-corrected chi connectivity index (χ1v) is 6.84. The molecule has 1 unspecified atom stereocenters. The number of carbonyl (C=O) groups excluding carboxylic acids is 1. The van der Waals surface area contributed by atoms with Gasteiger partial charge in [-0.05, 0) is 44.7 Å². The average Bonchev–Trinajstić information content (AvgIpc) is 2.81. The van der Waals surface area contributed by atoms with E-state index in [0.717, 1.165) is 19.4 Å². The molecule has 1 saturated heterocycles. The van der Waals surface area contributed by atoms with Crippen LogP contribution in [0.5, 0.6) is 0 Å². The molecule has 2 aliphatic rings. The van der Waals surface area contributed by atoms with Gasteiger partial charge in [-0.2, -0.15) is 0 Å². The van der Waals surface area contributed by atoms with Gasteiger partial charge >= 0.3 is 0 Å². The third-order valence-electron chi connectivity index (χ3n) is 4.09. The van der Waals surface area contributed by atoms with Gasteiger partial charge in [-0.1, -0.05) is 13.8 Å². The number of likely N-dealkylation sites (tertiary alicyclic amines) is 1. The van der Waals surface area contributed by atoms with Gasteiger partial charge < -0.3 is 11.1 Å². The quantitative estimate of drug-likeness (QED) is 0.743. The summed E-state index contributed by atoms with van der Waals surface area (Å²) in [6.45, 7) is 7.55. The van der Waals surface area contributed by atoms with Gasteiger partial charge in [0.25, 0.3) is 0 Å². The highest BCUT2D eigenvalue weighted by molar-refractivity contribution is 5.88. The highest BCUT2D eigenvalue weighted by atomic mass is 16.2. The van der Waals surface area contributed by atoms with Crippen molar-refractivity contribution in [3.05, 3.63) is 0 Å². The van der Waals surface area contributed by atoms with Gasteiger partial charge in [0.05, 0.1) is 5.54 Å². The Labute approximate surface area is 104 Å². The van der Waals surface area contributed by atoms with Crippen molar-refractivity contribution >= 4 is 5.91 Å². The zero-order valence-corrected chi connectivity index (χ0v) is 11.0. The monoisotopic (exact) mass is 239 g/mol. The van der Waals surface area contributed by atoms with Crippen molar-refractivity contribution in [1.29, 1.82) is 0 Å². The van der Waals surface area contributed by atoms with Crippen molar-refractivity contribution in [3.8, 4) is 0 Å². The van der Waals surface area contributed by atoms with E-state index in [9.17, 15) is 4.79 Å². The largest absolute Gasteiger partial charge is 0.353 e. The van der Waals surface area contributed by atoms with E-state index >= 15 is 0 Å². The van der Waals surface area contributed by atoms with Crippen LogP contribution in [0.4, 0.5) is 0 Å². The Balaban J connectivity index is 1.83. The lowest BCUT2D eigenvalue weighted by molar-refractivity contribution is -0.123. The minimum absolute atomic E-state index is 0.0438. The molecule has 2 fully saturated rings. The number of rotatable bonds is 5. The normalized spacial score (nSPS) is 24.9. The number of carbonyl (C=O) groups is 1. The summed E-state index contributed by atoms with van der Waals surface area (Å²) in [6, 6.07) is 0.462. The van der Waals surface area contributed by atoms with Gasteiger partial charge in [0, 0.05) is 12.6 Å². The lowest BCUT2D eigenvalue weighted by Gasteiger charge is -2.31. The maximum Gasteiger partial charge on any atom is 0.240 e. The summed E-state index contributed by atoms with van der Waals surface area (Å²) in [5, 5.41) is 3.04. The van der Waals surface area contributed by atoms with Crippen LogP contribution in [0, 0.1) is 5.92 Å². The topological polar surface area (TPSA) is 58.4 Å². The summed E-state index contributed by atoms with van der Waals surface area (Å²) in [5.74, 6) is 0.615. The minimum atomic E-state index is -0.535. The average molecular weight is 239 g/mol. The van der Waals surface area contributed by atoms with Crippen LogP contribution < -0.4 is 11.1 Å². The predicted molar refractivity (Wildman–Crippen MR) is 68.6 cm³/mol. The van der Waals surface area contributed by atoms with Crippen LogP contribution >= 0.6 is 0 Å². The van der Waals surface area contributed by atoms with Gasteiger partial charge in [-0.25, -0.2) is 0 Å². The molecule has 17 heavy (non-hydrogen) atoms. The molecule has 0 spiro atoms. The standard InChI is InChI=1S/C13H25N3O/c1-10(2)11(16-7-3-4-8-16)9-15-12(17)13(14)5-6-13/h10-11H,3-9,14H2,1-2H3,(H,15,17). The molecule has 98 valence electrons. The van der Waals surface area contributed by atoms with E-state index in [0.29, 0.717) is 12.0 Å². The molecule has 0 aromatic heterocycles. The van der Waals surface area contributed by atoms with Crippen molar-refractivity contribution in [2.24, 2.45) is 11.7 Å². The van der Waals surface area contributed by atoms with E-state index in [1.807, 2.05) is 0 Å². The second-order valence-electron chi connectivity index (χ2n) is 5.92. The molecule has 3 N–H and O–H groups in total. The third-order valence-corrected chi connectivity index (χ3v) is 4.09. The number of nitrogens with two attached hydrogens (primary N) is 1. The van der Waals surface area contributed by atoms with Crippen molar-refractivity contribution in [2.45, 2.75) is 51.1 Å². The first-order valence-electron chi connectivity index (χ1n) is 6.84. The molecular weight excluding hydrogens is 214 g/mol. The maximum atomic E-state index is 11.8. The summed E-state index contributed by atoms with van der Waals surface area (Å²) in [6.07, 6.45) is 4.26. The molecule has 1 amide bonds. The second kappa shape index (κ2) is 4.94. The summed E-state index contributed by atoms with van der Waals surface area (Å²) >= 11 is 0. The molecule has 2 rings (SSSR count). The second-order valence-corrected chi connectivity index (χ2v) is 5.92. The third kappa shape index (κ3) is 2.99. The molecule has 0 aromatic rings. The van der Waals surface area contributed by atoms with Gasteiger partial charge in [0.15, 0.2) is 0 Å². The molecule has 0 bridgehead atoms. The smallest absolute Gasteiger partial charge is 0.240 e. The lowest BCUT2D eigenvalue weighted by atomic mass is 10.0. The van der Waals surface area contributed by atoms with Crippen molar-refractivity contribution in [2.75, 3.05) is 19.6 Å². The van der Waals surface area contributed by atoms with Crippen LogP contribution in [0.2, 0.25) is 0 Å². The molecule has 0 aromatic carbocycles. The van der Waals surface area contributed by atoms with E-state index in [-0.39, 0.29) is 5.91 Å². The molecule has 0 radical (unpaired) electrons. The molecule has 1 atom stereocenters. The Hall–Kier alpha value is -0.610. The first-order chi connectivity index (χ1) is 8.03. The fourth-order valence-electron chi connectivity index (χ4n) is 2.59. The van der Waals surface area contributed by atoms with Gasteiger partial charge in [0.1, 0.15) is 0 Å². The predicted octanol–water partition coefficient (Wildman–Crippen LogP) is 0.714. The van der Waals surface area contributed by atoms with Gasteiger partial charge in [-0.3, -0.25) is 9.69 Å². The highest BCUT2D eigenvalue weighted by Crippen LogP contribution is 2.32. The molecule has 1 aliphatic heterocycles. The Kier molecular flexibility index (Phi) is 3.73. The van der Waals surface area contributed by atoms with Crippen LogP contribution in [0.1, 0.15) is 39.5 Å². The zero-order valence-electron chi connectivity index (χ0n) is 11.0.